The second-order valence-electron chi connectivity index (χ2n) is 12.4. The predicted molar refractivity (Wildman–Crippen MR) is 197 cm³/mol. The normalized spacial score (nSPS) is 13.9. The van der Waals surface area contributed by atoms with E-state index in [0.29, 0.717) is 5.56 Å². The van der Waals surface area contributed by atoms with Gasteiger partial charge in [-0.2, -0.15) is 0 Å². The molecule has 0 aliphatic carbocycles. The van der Waals surface area contributed by atoms with Crippen molar-refractivity contribution in [1.29, 1.82) is 0 Å². The highest BCUT2D eigenvalue weighted by atomic mass is 35.5. The fraction of sp³-hybridized carbons (Fsp3) is 0.474. The molecule has 15 heteroatoms. The molecule has 0 radical (unpaired) electrons. The number of halogens is 1. The minimum Gasteiger partial charge on any atom is -0.466 e. The lowest BCUT2D eigenvalue weighted by molar-refractivity contribution is -0.151. The Morgan fingerprint density at radius 1 is 0.717 bits per heavy atom. The predicted octanol–water partition coefficient (Wildman–Crippen LogP) is 4.73. The Morgan fingerprint density at radius 2 is 1.25 bits per heavy atom. The van der Waals surface area contributed by atoms with Crippen LogP contribution in [-0.4, -0.2) is 68.9 Å². The van der Waals surface area contributed by atoms with Gasteiger partial charge in [0.15, 0.2) is 15.6 Å². The van der Waals surface area contributed by atoms with Crippen LogP contribution in [0.3, 0.4) is 0 Å². The highest BCUT2D eigenvalue weighted by molar-refractivity contribution is 7.96. The number of sulfone groups is 1. The van der Waals surface area contributed by atoms with Gasteiger partial charge in [-0.3, -0.25) is 28.8 Å². The van der Waals surface area contributed by atoms with Crippen molar-refractivity contribution in [2.24, 2.45) is 17.8 Å². The molecule has 2 aromatic carbocycles. The topological polar surface area (TPSA) is 188 Å². The summed E-state index contributed by atoms with van der Waals surface area (Å²) in [6, 6.07) is 14.7. The fourth-order valence-corrected chi connectivity index (χ4v) is 6.27. The standard InChI is InChI=1S/C38H49ClN2O11S/c1-6-50-33(43)19-28(20-34(44)52-24-26-15-11-9-12-16-26)37(46)41-36(27-17-13-10-14-18-27)31(42)23-30(25(4)5)38(47)40-29(22-35(45)51-7-2)21-32(39)53(48,49)8-3/h9-18,21,25,28-30,36H,6-8,19-20,22-24H2,1-5H3,(H,40,47)(H,41,46)/b32-21+/t28-,29-,30+,36+/m1/s1. The molecule has 0 heterocycles. The van der Waals surface area contributed by atoms with Gasteiger partial charge in [0.25, 0.3) is 0 Å². The Morgan fingerprint density at radius 3 is 1.77 bits per heavy atom. The van der Waals surface area contributed by atoms with Gasteiger partial charge in [-0.05, 0) is 37.0 Å². The Labute approximate surface area is 316 Å². The lowest BCUT2D eigenvalue weighted by Gasteiger charge is -2.26. The molecule has 0 bridgehead atoms. The van der Waals surface area contributed by atoms with Crippen LogP contribution < -0.4 is 10.6 Å². The summed E-state index contributed by atoms with van der Waals surface area (Å²) in [5, 5.41) is 5.31. The first-order chi connectivity index (χ1) is 25.1. The highest BCUT2D eigenvalue weighted by Crippen LogP contribution is 2.25. The molecule has 0 saturated carbocycles. The van der Waals surface area contributed by atoms with Gasteiger partial charge in [0.05, 0.1) is 50.2 Å². The summed E-state index contributed by atoms with van der Waals surface area (Å²) in [6.07, 6.45) is -0.696. The first kappa shape index (κ1) is 44.6. The van der Waals surface area contributed by atoms with E-state index in [2.05, 4.69) is 10.6 Å². The zero-order chi connectivity index (χ0) is 39.6. The molecule has 0 aliphatic rings. The van der Waals surface area contributed by atoms with Gasteiger partial charge in [-0.25, -0.2) is 8.42 Å². The van der Waals surface area contributed by atoms with E-state index in [4.69, 9.17) is 25.8 Å². The van der Waals surface area contributed by atoms with E-state index in [-0.39, 0.29) is 32.0 Å². The number of carbonyl (C=O) groups excluding carboxylic acids is 6. The number of Topliss-reactive ketones (excluding diaryl/α,β-unsaturated/α-hetero) is 1. The van der Waals surface area contributed by atoms with Crippen molar-refractivity contribution in [3.63, 3.8) is 0 Å². The molecular formula is C38H49ClN2O11S. The van der Waals surface area contributed by atoms with E-state index >= 15 is 0 Å². The fourth-order valence-electron chi connectivity index (χ4n) is 5.14. The highest BCUT2D eigenvalue weighted by Gasteiger charge is 2.34. The third kappa shape index (κ3) is 15.5. The van der Waals surface area contributed by atoms with E-state index in [1.54, 1.807) is 82.3 Å². The number of benzene rings is 2. The Kier molecular flexibility index (Phi) is 18.9. The number of hydrogen-bond donors (Lipinski definition) is 2. The number of amides is 2. The largest absolute Gasteiger partial charge is 0.466 e. The molecule has 0 saturated heterocycles. The Bertz CT molecular complexity index is 1680. The van der Waals surface area contributed by atoms with Crippen LogP contribution in [0.1, 0.15) is 77.5 Å². The summed E-state index contributed by atoms with van der Waals surface area (Å²) in [5.74, 6) is -7.20. The van der Waals surface area contributed by atoms with Crippen LogP contribution in [0.25, 0.3) is 0 Å². The van der Waals surface area contributed by atoms with Crippen LogP contribution >= 0.6 is 11.6 Å². The Balaban J connectivity index is 2.36. The lowest BCUT2D eigenvalue weighted by atomic mass is 9.86. The van der Waals surface area contributed by atoms with Gasteiger partial charge < -0.3 is 24.8 Å². The van der Waals surface area contributed by atoms with Gasteiger partial charge in [0.1, 0.15) is 17.0 Å². The molecule has 0 aromatic heterocycles. The maximum Gasteiger partial charge on any atom is 0.308 e. The van der Waals surface area contributed by atoms with Crippen LogP contribution in [0.5, 0.6) is 0 Å². The third-order valence-electron chi connectivity index (χ3n) is 8.08. The number of ketones is 1. The van der Waals surface area contributed by atoms with Gasteiger partial charge in [-0.15, -0.1) is 0 Å². The summed E-state index contributed by atoms with van der Waals surface area (Å²) in [5.41, 5.74) is 1.11. The van der Waals surface area contributed by atoms with E-state index in [0.717, 1.165) is 11.6 Å². The zero-order valence-corrected chi connectivity index (χ0v) is 32.2. The first-order valence-electron chi connectivity index (χ1n) is 17.4. The van der Waals surface area contributed by atoms with Gasteiger partial charge >= 0.3 is 17.9 Å². The molecule has 2 rings (SSSR count). The Hall–Kier alpha value is -4.56. The maximum atomic E-state index is 14.1. The van der Waals surface area contributed by atoms with Gasteiger partial charge in [0, 0.05) is 12.3 Å². The minimum atomic E-state index is -3.86. The van der Waals surface area contributed by atoms with E-state index < -0.39 is 98.8 Å². The van der Waals surface area contributed by atoms with E-state index in [9.17, 15) is 37.2 Å². The van der Waals surface area contributed by atoms with Crippen molar-refractivity contribution in [3.05, 3.63) is 82.2 Å². The summed E-state index contributed by atoms with van der Waals surface area (Å²) in [4.78, 5) is 79.2. The van der Waals surface area contributed by atoms with E-state index in [1.807, 2.05) is 6.07 Å². The molecule has 0 fully saturated rings. The number of rotatable bonds is 22. The zero-order valence-electron chi connectivity index (χ0n) is 30.7. The number of nitrogens with one attached hydrogen (secondary N) is 2. The molecule has 2 N–H and O–H groups in total. The van der Waals surface area contributed by atoms with Crippen molar-refractivity contribution >= 4 is 56.9 Å². The lowest BCUT2D eigenvalue weighted by Crippen LogP contribution is -2.44. The first-order valence-corrected chi connectivity index (χ1v) is 19.4. The molecular weight excluding hydrogens is 728 g/mol. The second-order valence-corrected chi connectivity index (χ2v) is 15.3. The number of esters is 3. The number of carbonyl (C=O) groups is 6. The molecule has 13 nitrogen and oxygen atoms in total. The van der Waals surface area contributed by atoms with Crippen molar-refractivity contribution in [1.82, 2.24) is 10.6 Å². The summed E-state index contributed by atoms with van der Waals surface area (Å²) >= 11 is 6.06. The molecule has 0 aliphatic heterocycles. The third-order valence-corrected chi connectivity index (χ3v) is 10.4. The molecule has 2 aromatic rings. The SMILES string of the molecule is CCOC(=O)C[C@H](CC(=O)OCc1ccccc1)C(=O)N[C@H](C(=O)C[C@H](C(=O)N[C@H](/C=C(\Cl)S(=O)(=O)CC)CC(=O)OCC)C(C)C)c1ccccc1. The van der Waals surface area contributed by atoms with Crippen molar-refractivity contribution < 1.29 is 51.4 Å². The number of hydrogen-bond acceptors (Lipinski definition) is 11. The van der Waals surface area contributed by atoms with Crippen LogP contribution in [0.2, 0.25) is 0 Å². The van der Waals surface area contributed by atoms with Crippen LogP contribution in [0.4, 0.5) is 0 Å². The molecule has 2 amide bonds. The van der Waals surface area contributed by atoms with Gasteiger partial charge in [-0.1, -0.05) is 93.0 Å². The minimum absolute atomic E-state index is 0.0474. The van der Waals surface area contributed by atoms with Crippen molar-refractivity contribution in [3.8, 4) is 0 Å². The molecule has 0 spiro atoms. The average Bonchev–Trinajstić information content (AvgIpc) is 3.12. The molecule has 53 heavy (non-hydrogen) atoms. The average molecular weight is 777 g/mol. The molecule has 0 unspecified atom stereocenters. The summed E-state index contributed by atoms with van der Waals surface area (Å²) in [7, 11) is -3.86. The van der Waals surface area contributed by atoms with Gasteiger partial charge in [0.2, 0.25) is 11.8 Å². The summed E-state index contributed by atoms with van der Waals surface area (Å²) in [6.45, 7) is 8.04. The molecule has 290 valence electrons. The monoisotopic (exact) mass is 776 g/mol. The van der Waals surface area contributed by atoms with Crippen LogP contribution in [-0.2, 0) is 59.4 Å². The van der Waals surface area contributed by atoms with Crippen molar-refractivity contribution in [2.45, 2.75) is 79.0 Å². The maximum absolute atomic E-state index is 14.1. The van der Waals surface area contributed by atoms with Crippen LogP contribution in [0, 0.1) is 17.8 Å². The molecule has 4 atom stereocenters. The van der Waals surface area contributed by atoms with Crippen molar-refractivity contribution in [2.75, 3.05) is 19.0 Å². The van der Waals surface area contributed by atoms with Crippen LogP contribution in [0.15, 0.2) is 71.1 Å². The second kappa shape index (κ2) is 22.5. The van der Waals surface area contributed by atoms with E-state index in [1.165, 1.54) is 6.92 Å². The number of ether oxygens (including phenoxy) is 3. The summed E-state index contributed by atoms with van der Waals surface area (Å²) < 4.78 is 39.5. The quantitative estimate of drug-likeness (QED) is 0.124. The smallest absolute Gasteiger partial charge is 0.308 e.